The van der Waals surface area contributed by atoms with Crippen molar-refractivity contribution in [2.45, 2.75) is 51.5 Å². The number of carbonyl (C=O) groups is 1. The van der Waals surface area contributed by atoms with Crippen molar-refractivity contribution in [1.82, 2.24) is 15.5 Å². The zero-order valence-electron chi connectivity index (χ0n) is 16.0. The Morgan fingerprint density at radius 1 is 1.00 bits per heavy atom. The van der Waals surface area contributed by atoms with Gasteiger partial charge in [-0.15, -0.1) is 10.2 Å². The van der Waals surface area contributed by atoms with Crippen molar-refractivity contribution in [2.75, 3.05) is 18.0 Å². The molecule has 0 radical (unpaired) electrons. The molecule has 2 aliphatic rings. The van der Waals surface area contributed by atoms with Crippen LogP contribution in [0.25, 0.3) is 11.3 Å². The van der Waals surface area contributed by atoms with Crippen LogP contribution in [0.2, 0.25) is 0 Å². The SMILES string of the molecule is Cc1ccc(-c2ccc(N3CCCC(C(=O)NC4CCCC4)C3)nn2)cc1. The maximum Gasteiger partial charge on any atom is 0.225 e. The van der Waals surface area contributed by atoms with Crippen LogP contribution in [-0.2, 0) is 4.79 Å². The normalized spacial score (nSPS) is 20.6. The van der Waals surface area contributed by atoms with Crippen molar-refractivity contribution >= 4 is 11.7 Å². The third-order valence-corrected chi connectivity index (χ3v) is 5.82. The van der Waals surface area contributed by atoms with Crippen molar-refractivity contribution in [3.8, 4) is 11.3 Å². The number of hydrogen-bond acceptors (Lipinski definition) is 4. The van der Waals surface area contributed by atoms with Gasteiger partial charge in [0.15, 0.2) is 5.82 Å². The lowest BCUT2D eigenvalue weighted by atomic mass is 9.96. The van der Waals surface area contributed by atoms with E-state index in [1.807, 2.05) is 12.1 Å². The second kappa shape index (κ2) is 8.07. The van der Waals surface area contributed by atoms with Gasteiger partial charge in [-0.3, -0.25) is 4.79 Å². The van der Waals surface area contributed by atoms with E-state index in [1.54, 1.807) is 0 Å². The average Bonchev–Trinajstić information content (AvgIpc) is 3.22. The maximum absolute atomic E-state index is 12.6. The van der Waals surface area contributed by atoms with Crippen molar-refractivity contribution in [2.24, 2.45) is 5.92 Å². The minimum Gasteiger partial charge on any atom is -0.354 e. The number of benzene rings is 1. The van der Waals surface area contributed by atoms with Gasteiger partial charge in [-0.25, -0.2) is 0 Å². The summed E-state index contributed by atoms with van der Waals surface area (Å²) in [5.41, 5.74) is 3.19. The van der Waals surface area contributed by atoms with Gasteiger partial charge >= 0.3 is 0 Å². The zero-order valence-corrected chi connectivity index (χ0v) is 16.0. The Bertz CT molecular complexity index is 766. The first-order valence-electron chi connectivity index (χ1n) is 10.1. The largest absolute Gasteiger partial charge is 0.354 e. The molecule has 1 aliphatic heterocycles. The summed E-state index contributed by atoms with van der Waals surface area (Å²) < 4.78 is 0. The summed E-state index contributed by atoms with van der Waals surface area (Å²) in [6.07, 6.45) is 6.73. The van der Waals surface area contributed by atoms with Gasteiger partial charge in [-0.05, 0) is 44.7 Å². The van der Waals surface area contributed by atoms with Crippen LogP contribution >= 0.6 is 0 Å². The molecule has 1 aromatic carbocycles. The molecule has 1 amide bonds. The van der Waals surface area contributed by atoms with E-state index in [0.29, 0.717) is 6.04 Å². The predicted molar refractivity (Wildman–Crippen MR) is 108 cm³/mol. The number of aromatic nitrogens is 2. The predicted octanol–water partition coefficient (Wildman–Crippen LogP) is 3.73. The molecule has 2 aromatic rings. The fourth-order valence-electron chi connectivity index (χ4n) is 4.16. The Labute approximate surface area is 161 Å². The van der Waals surface area contributed by atoms with Crippen LogP contribution in [0.4, 0.5) is 5.82 Å². The third-order valence-electron chi connectivity index (χ3n) is 5.82. The topological polar surface area (TPSA) is 58.1 Å². The Morgan fingerprint density at radius 2 is 1.78 bits per heavy atom. The fourth-order valence-corrected chi connectivity index (χ4v) is 4.16. The van der Waals surface area contributed by atoms with Gasteiger partial charge in [-0.2, -0.15) is 0 Å². The molecule has 1 saturated heterocycles. The molecular formula is C22H28N4O. The Kier molecular flexibility index (Phi) is 5.37. The van der Waals surface area contributed by atoms with E-state index in [1.165, 1.54) is 18.4 Å². The van der Waals surface area contributed by atoms with E-state index in [9.17, 15) is 4.79 Å². The van der Waals surface area contributed by atoms with E-state index in [-0.39, 0.29) is 11.8 Å². The van der Waals surface area contributed by atoms with Crippen LogP contribution < -0.4 is 10.2 Å². The highest BCUT2D eigenvalue weighted by atomic mass is 16.2. The summed E-state index contributed by atoms with van der Waals surface area (Å²) in [6, 6.07) is 12.8. The van der Waals surface area contributed by atoms with Crippen LogP contribution in [0, 0.1) is 12.8 Å². The molecule has 1 aliphatic carbocycles. The van der Waals surface area contributed by atoms with E-state index in [0.717, 1.165) is 55.8 Å². The summed E-state index contributed by atoms with van der Waals surface area (Å²) in [4.78, 5) is 14.8. The first-order valence-corrected chi connectivity index (χ1v) is 10.1. The lowest BCUT2D eigenvalue weighted by Crippen LogP contribution is -2.45. The molecule has 4 rings (SSSR count). The van der Waals surface area contributed by atoms with E-state index in [2.05, 4.69) is 51.6 Å². The van der Waals surface area contributed by atoms with Gasteiger partial charge in [0.1, 0.15) is 0 Å². The molecule has 0 bridgehead atoms. The van der Waals surface area contributed by atoms with E-state index >= 15 is 0 Å². The standard InChI is InChI=1S/C22H28N4O/c1-16-8-10-17(11-9-16)20-12-13-21(25-24-20)26-14-4-5-18(15-26)22(27)23-19-6-2-3-7-19/h8-13,18-19H,2-7,14-15H2,1H3,(H,23,27). The monoisotopic (exact) mass is 364 g/mol. The molecule has 1 saturated carbocycles. The molecule has 2 heterocycles. The van der Waals surface area contributed by atoms with Gasteiger partial charge in [0.05, 0.1) is 11.6 Å². The minimum atomic E-state index is 0.0536. The summed E-state index contributed by atoms with van der Waals surface area (Å²) in [5.74, 6) is 1.14. The quantitative estimate of drug-likeness (QED) is 0.898. The van der Waals surface area contributed by atoms with Gasteiger partial charge in [0.25, 0.3) is 0 Å². The molecule has 1 N–H and O–H groups in total. The Balaban J connectivity index is 1.40. The molecule has 1 unspecified atom stereocenters. The summed E-state index contributed by atoms with van der Waals surface area (Å²) >= 11 is 0. The molecule has 1 atom stereocenters. The molecule has 2 fully saturated rings. The Morgan fingerprint density at radius 3 is 2.48 bits per heavy atom. The first kappa shape index (κ1) is 18.0. The van der Waals surface area contributed by atoms with Crippen LogP contribution in [0.5, 0.6) is 0 Å². The van der Waals surface area contributed by atoms with E-state index < -0.39 is 0 Å². The number of aryl methyl sites for hydroxylation is 1. The second-order valence-electron chi connectivity index (χ2n) is 7.92. The van der Waals surface area contributed by atoms with Crippen LogP contribution in [0.15, 0.2) is 36.4 Å². The molecule has 0 spiro atoms. The smallest absolute Gasteiger partial charge is 0.225 e. The summed E-state index contributed by atoms with van der Waals surface area (Å²) in [6.45, 7) is 3.75. The van der Waals surface area contributed by atoms with Gasteiger partial charge < -0.3 is 10.2 Å². The van der Waals surface area contributed by atoms with Crippen LogP contribution in [0.3, 0.4) is 0 Å². The highest BCUT2D eigenvalue weighted by molar-refractivity contribution is 5.80. The zero-order chi connectivity index (χ0) is 18.6. The van der Waals surface area contributed by atoms with Crippen molar-refractivity contribution in [3.63, 3.8) is 0 Å². The lowest BCUT2D eigenvalue weighted by molar-refractivity contribution is -0.125. The number of carbonyl (C=O) groups excluding carboxylic acids is 1. The maximum atomic E-state index is 12.6. The summed E-state index contributed by atoms with van der Waals surface area (Å²) in [5, 5.41) is 12.1. The molecule has 5 nitrogen and oxygen atoms in total. The number of nitrogens with zero attached hydrogens (tertiary/aromatic N) is 3. The third kappa shape index (κ3) is 4.29. The van der Waals surface area contributed by atoms with Crippen LogP contribution in [-0.4, -0.2) is 35.2 Å². The van der Waals surface area contributed by atoms with Crippen molar-refractivity contribution in [1.29, 1.82) is 0 Å². The fraction of sp³-hybridized carbons (Fsp3) is 0.500. The summed E-state index contributed by atoms with van der Waals surface area (Å²) in [7, 11) is 0. The number of anilines is 1. The van der Waals surface area contributed by atoms with Crippen molar-refractivity contribution < 1.29 is 4.79 Å². The molecular weight excluding hydrogens is 336 g/mol. The lowest BCUT2D eigenvalue weighted by Gasteiger charge is -2.33. The number of hydrogen-bond donors (Lipinski definition) is 1. The number of rotatable bonds is 4. The number of nitrogens with one attached hydrogen (secondary N) is 1. The molecule has 5 heteroatoms. The highest BCUT2D eigenvalue weighted by Crippen LogP contribution is 2.25. The minimum absolute atomic E-state index is 0.0536. The molecule has 142 valence electrons. The Hall–Kier alpha value is -2.43. The first-order chi connectivity index (χ1) is 13.2. The highest BCUT2D eigenvalue weighted by Gasteiger charge is 2.28. The van der Waals surface area contributed by atoms with Gasteiger partial charge in [0, 0.05) is 24.7 Å². The number of amides is 1. The van der Waals surface area contributed by atoms with Gasteiger partial charge in [0.2, 0.25) is 5.91 Å². The van der Waals surface area contributed by atoms with Gasteiger partial charge in [-0.1, -0.05) is 42.7 Å². The average molecular weight is 364 g/mol. The molecule has 1 aromatic heterocycles. The second-order valence-corrected chi connectivity index (χ2v) is 7.92. The molecule has 27 heavy (non-hydrogen) atoms. The van der Waals surface area contributed by atoms with Crippen LogP contribution in [0.1, 0.15) is 44.1 Å². The van der Waals surface area contributed by atoms with E-state index in [4.69, 9.17) is 0 Å². The van der Waals surface area contributed by atoms with Crippen molar-refractivity contribution in [3.05, 3.63) is 42.0 Å². The number of piperidine rings is 1.